The molecule has 1 aromatic heterocycles. The molecule has 0 aromatic carbocycles. The highest BCUT2D eigenvalue weighted by Gasteiger charge is 2.10. The van der Waals surface area contributed by atoms with E-state index in [0.29, 0.717) is 18.7 Å². The van der Waals surface area contributed by atoms with E-state index in [0.717, 1.165) is 5.69 Å². The second-order valence-electron chi connectivity index (χ2n) is 3.67. The number of carbonyl (C=O) groups excluding carboxylic acids is 1. The lowest BCUT2D eigenvalue weighted by molar-refractivity contribution is -0.118. The number of nitrogens with two attached hydrogens (primary N) is 1. The molecule has 0 aliphatic rings. The quantitative estimate of drug-likeness (QED) is 0.633. The van der Waals surface area contributed by atoms with Crippen molar-refractivity contribution in [2.45, 2.75) is 19.8 Å². The number of primary amides is 1. The van der Waals surface area contributed by atoms with Crippen molar-refractivity contribution in [3.8, 4) is 0 Å². The van der Waals surface area contributed by atoms with Gasteiger partial charge in [-0.05, 0) is 19.4 Å². The van der Waals surface area contributed by atoms with Crippen LogP contribution in [0.3, 0.4) is 0 Å². The van der Waals surface area contributed by atoms with E-state index < -0.39 is 5.97 Å². The number of aromatic carboxylic acids is 1. The number of aryl methyl sites for hydroxylation is 1. The highest BCUT2D eigenvalue weighted by Crippen LogP contribution is 2.15. The summed E-state index contributed by atoms with van der Waals surface area (Å²) in [7, 11) is 0. The minimum atomic E-state index is -1.03. The number of hydrogen-bond donors (Lipinski definition) is 3. The van der Waals surface area contributed by atoms with Crippen molar-refractivity contribution in [1.82, 2.24) is 4.98 Å². The van der Waals surface area contributed by atoms with Crippen LogP contribution in [-0.4, -0.2) is 28.5 Å². The lowest BCUT2D eigenvalue weighted by Crippen LogP contribution is -2.14. The van der Waals surface area contributed by atoms with Gasteiger partial charge in [-0.3, -0.25) is 9.78 Å². The van der Waals surface area contributed by atoms with Crippen LogP contribution in [0.5, 0.6) is 0 Å². The Labute approximate surface area is 98.8 Å². The van der Waals surface area contributed by atoms with E-state index in [9.17, 15) is 9.59 Å². The Kier molecular flexibility index (Phi) is 4.45. The van der Waals surface area contributed by atoms with Gasteiger partial charge in [0.15, 0.2) is 0 Å². The summed E-state index contributed by atoms with van der Waals surface area (Å²) in [5.74, 6) is -1.40. The molecule has 0 atom stereocenters. The Hall–Kier alpha value is -2.11. The van der Waals surface area contributed by atoms with Gasteiger partial charge in [-0.15, -0.1) is 0 Å². The number of carboxylic acids is 1. The number of aromatic nitrogens is 1. The second kappa shape index (κ2) is 5.83. The largest absolute Gasteiger partial charge is 0.478 e. The lowest BCUT2D eigenvalue weighted by Gasteiger charge is -2.09. The third-order valence-corrected chi connectivity index (χ3v) is 2.19. The summed E-state index contributed by atoms with van der Waals surface area (Å²) in [6.45, 7) is 2.27. The van der Waals surface area contributed by atoms with Crippen molar-refractivity contribution in [2.24, 2.45) is 5.73 Å². The summed E-state index contributed by atoms with van der Waals surface area (Å²) < 4.78 is 0. The molecule has 1 amide bonds. The van der Waals surface area contributed by atoms with E-state index >= 15 is 0 Å². The molecule has 0 aliphatic heterocycles. The highest BCUT2D eigenvalue weighted by molar-refractivity contribution is 5.93. The molecule has 0 aliphatic carbocycles. The standard InChI is InChI=1S/C11H15N3O3/c1-7-5-9(8(6-14-7)11(16)17)13-4-2-3-10(12)15/h5-6H,2-4H2,1H3,(H2,12,15)(H,13,14)(H,16,17). The topological polar surface area (TPSA) is 105 Å². The SMILES string of the molecule is Cc1cc(NCCCC(N)=O)c(C(=O)O)cn1. The van der Waals surface area contributed by atoms with Crippen LogP contribution in [0.2, 0.25) is 0 Å². The summed E-state index contributed by atoms with van der Waals surface area (Å²) >= 11 is 0. The molecule has 0 bridgehead atoms. The van der Waals surface area contributed by atoms with Crippen molar-refractivity contribution in [1.29, 1.82) is 0 Å². The number of rotatable bonds is 6. The molecule has 17 heavy (non-hydrogen) atoms. The smallest absolute Gasteiger partial charge is 0.339 e. The number of hydrogen-bond acceptors (Lipinski definition) is 4. The van der Waals surface area contributed by atoms with E-state index in [1.54, 1.807) is 13.0 Å². The molecule has 1 rings (SSSR count). The molecule has 1 heterocycles. The Morgan fingerprint density at radius 2 is 2.24 bits per heavy atom. The van der Waals surface area contributed by atoms with Gasteiger partial charge in [0.05, 0.1) is 5.69 Å². The summed E-state index contributed by atoms with van der Waals surface area (Å²) in [5, 5.41) is 11.9. The molecular weight excluding hydrogens is 222 g/mol. The van der Waals surface area contributed by atoms with Gasteiger partial charge >= 0.3 is 5.97 Å². The zero-order chi connectivity index (χ0) is 12.8. The summed E-state index contributed by atoms with van der Waals surface area (Å²) in [5.41, 5.74) is 6.36. The molecule has 92 valence electrons. The highest BCUT2D eigenvalue weighted by atomic mass is 16.4. The molecule has 6 nitrogen and oxygen atoms in total. The fraction of sp³-hybridized carbons (Fsp3) is 0.364. The van der Waals surface area contributed by atoms with Crippen molar-refractivity contribution in [3.05, 3.63) is 23.5 Å². The number of pyridine rings is 1. The number of nitrogens with one attached hydrogen (secondary N) is 1. The van der Waals surface area contributed by atoms with E-state index in [1.165, 1.54) is 6.20 Å². The van der Waals surface area contributed by atoms with E-state index in [4.69, 9.17) is 10.8 Å². The van der Waals surface area contributed by atoms with Gasteiger partial charge in [0.2, 0.25) is 5.91 Å². The van der Waals surface area contributed by atoms with Gasteiger partial charge in [-0.25, -0.2) is 4.79 Å². The molecule has 0 unspecified atom stereocenters. The number of amides is 1. The molecule has 1 aromatic rings. The zero-order valence-electron chi connectivity index (χ0n) is 9.56. The fourth-order valence-electron chi connectivity index (χ4n) is 1.36. The van der Waals surface area contributed by atoms with Crippen LogP contribution in [0.1, 0.15) is 28.9 Å². The Morgan fingerprint density at radius 3 is 2.82 bits per heavy atom. The third kappa shape index (κ3) is 4.10. The van der Waals surface area contributed by atoms with E-state index in [-0.39, 0.29) is 17.9 Å². The van der Waals surface area contributed by atoms with E-state index in [2.05, 4.69) is 10.3 Å². The molecule has 0 saturated carbocycles. The van der Waals surface area contributed by atoms with Gasteiger partial charge in [0.25, 0.3) is 0 Å². The van der Waals surface area contributed by atoms with E-state index in [1.807, 2.05) is 0 Å². The average Bonchev–Trinajstić information content (AvgIpc) is 2.23. The lowest BCUT2D eigenvalue weighted by atomic mass is 10.2. The van der Waals surface area contributed by atoms with Crippen molar-refractivity contribution < 1.29 is 14.7 Å². The second-order valence-corrected chi connectivity index (χ2v) is 3.67. The van der Waals surface area contributed by atoms with Crippen LogP contribution >= 0.6 is 0 Å². The predicted molar refractivity (Wildman–Crippen MR) is 62.9 cm³/mol. The molecule has 0 spiro atoms. The molecule has 0 radical (unpaired) electrons. The van der Waals surface area contributed by atoms with Gasteiger partial charge in [0, 0.05) is 24.9 Å². The number of carboxylic acid groups (broad SMARTS) is 1. The molecule has 0 saturated heterocycles. The van der Waals surface area contributed by atoms with Crippen LogP contribution in [0.4, 0.5) is 5.69 Å². The Morgan fingerprint density at radius 1 is 1.53 bits per heavy atom. The van der Waals surface area contributed by atoms with Gasteiger partial charge in [0.1, 0.15) is 5.56 Å². The first-order valence-corrected chi connectivity index (χ1v) is 5.23. The van der Waals surface area contributed by atoms with Gasteiger partial charge in [-0.2, -0.15) is 0 Å². The molecule has 4 N–H and O–H groups in total. The minimum Gasteiger partial charge on any atom is -0.478 e. The Bertz CT molecular complexity index is 432. The van der Waals surface area contributed by atoms with Crippen molar-refractivity contribution >= 4 is 17.6 Å². The monoisotopic (exact) mass is 237 g/mol. The van der Waals surface area contributed by atoms with Crippen LogP contribution in [0.15, 0.2) is 12.3 Å². The predicted octanol–water partition coefficient (Wildman–Crippen LogP) is 0.766. The fourth-order valence-corrected chi connectivity index (χ4v) is 1.36. The van der Waals surface area contributed by atoms with Crippen molar-refractivity contribution in [2.75, 3.05) is 11.9 Å². The van der Waals surface area contributed by atoms with Gasteiger partial charge in [-0.1, -0.05) is 0 Å². The number of carbonyl (C=O) groups is 2. The Balaban J connectivity index is 2.65. The van der Waals surface area contributed by atoms with Crippen LogP contribution in [-0.2, 0) is 4.79 Å². The number of anilines is 1. The molecular formula is C11H15N3O3. The first-order valence-electron chi connectivity index (χ1n) is 5.23. The maximum Gasteiger partial charge on any atom is 0.339 e. The maximum atomic E-state index is 10.9. The molecule has 0 fully saturated rings. The number of nitrogens with zero attached hydrogens (tertiary/aromatic N) is 1. The van der Waals surface area contributed by atoms with Crippen LogP contribution in [0.25, 0.3) is 0 Å². The summed E-state index contributed by atoms with van der Waals surface area (Å²) in [4.78, 5) is 25.4. The van der Waals surface area contributed by atoms with Crippen LogP contribution < -0.4 is 11.1 Å². The normalized spacial score (nSPS) is 9.94. The average molecular weight is 237 g/mol. The third-order valence-electron chi connectivity index (χ3n) is 2.19. The minimum absolute atomic E-state index is 0.120. The molecule has 6 heteroatoms. The van der Waals surface area contributed by atoms with Gasteiger partial charge < -0.3 is 16.2 Å². The van der Waals surface area contributed by atoms with Crippen molar-refractivity contribution in [3.63, 3.8) is 0 Å². The maximum absolute atomic E-state index is 10.9. The first kappa shape index (κ1) is 13.0. The van der Waals surface area contributed by atoms with Crippen LogP contribution in [0, 0.1) is 6.92 Å². The zero-order valence-corrected chi connectivity index (χ0v) is 9.56. The summed E-state index contributed by atoms with van der Waals surface area (Å²) in [6, 6.07) is 1.66. The summed E-state index contributed by atoms with van der Waals surface area (Å²) in [6.07, 6.45) is 2.16. The first-order chi connectivity index (χ1) is 8.00.